The van der Waals surface area contributed by atoms with Gasteiger partial charge in [0.25, 0.3) is 0 Å². The Morgan fingerprint density at radius 2 is 1.43 bits per heavy atom. The Kier molecular flexibility index (Phi) is 12.2. The molecule has 4 atom stereocenters. The van der Waals surface area contributed by atoms with Crippen LogP contribution in [0.3, 0.4) is 0 Å². The number of amides is 4. The molecule has 0 aromatic heterocycles. The molecule has 1 spiro atoms. The summed E-state index contributed by atoms with van der Waals surface area (Å²) in [5.74, 6) is -4.49. The van der Waals surface area contributed by atoms with Crippen molar-refractivity contribution in [3.63, 3.8) is 0 Å². The molecule has 2 aliphatic carbocycles. The maximum absolute atomic E-state index is 13.4. The first-order valence-electron chi connectivity index (χ1n) is 16.3. The monoisotopic (exact) mass is 652 g/mol. The van der Waals surface area contributed by atoms with Crippen LogP contribution < -0.4 is 21.3 Å². The van der Waals surface area contributed by atoms with E-state index in [9.17, 15) is 39.0 Å². The third-order valence-electron chi connectivity index (χ3n) is 9.31. The second-order valence-corrected chi connectivity index (χ2v) is 12.7. The molecule has 0 saturated heterocycles. The first-order chi connectivity index (χ1) is 22.5. The van der Waals surface area contributed by atoms with Crippen molar-refractivity contribution in [2.45, 2.75) is 95.2 Å². The molecule has 254 valence electrons. The average Bonchev–Trinajstić information content (AvgIpc) is 3.73. The summed E-state index contributed by atoms with van der Waals surface area (Å²) in [6.07, 6.45) is 6.57. The number of aliphatic carboxylic acids is 3. The highest BCUT2D eigenvalue weighted by atomic mass is 16.4. The van der Waals surface area contributed by atoms with Crippen molar-refractivity contribution in [2.24, 2.45) is 11.3 Å². The topological polar surface area (TPSA) is 211 Å². The number of hydrogen-bond donors (Lipinski definition) is 7. The third-order valence-corrected chi connectivity index (χ3v) is 9.31. The minimum Gasteiger partial charge on any atom is -0.481 e. The standard InChI is InChI=1S/C34H44N4O9/c39-28(40)14-13-26(32(45)46)38-33(47)37-25(31(43)44)10-4-7-17-35-30(42)27(19-21-11-12-22-8-2-3-9-23(22)18-21)36-29(41)24-20-34(24)15-5-1-6-16-34/h2-3,8-9,11-12,18,24-27H,1,4-7,10,13-17,19-20H2,(H,35,42)(H,36,41)(H,39,40)(H,43,44)(H,45,46)(H2,37,38,47)/t24?,25-,26-,27-/m0/s1. The van der Waals surface area contributed by atoms with Gasteiger partial charge in [0.2, 0.25) is 11.8 Å². The second-order valence-electron chi connectivity index (χ2n) is 12.7. The van der Waals surface area contributed by atoms with Gasteiger partial charge < -0.3 is 36.6 Å². The van der Waals surface area contributed by atoms with Gasteiger partial charge in [0.15, 0.2) is 0 Å². The van der Waals surface area contributed by atoms with E-state index in [1.165, 1.54) is 6.42 Å². The number of carbonyl (C=O) groups is 6. The molecule has 2 aromatic carbocycles. The van der Waals surface area contributed by atoms with Crippen LogP contribution in [0, 0.1) is 11.3 Å². The number of benzene rings is 2. The molecule has 4 rings (SSSR count). The van der Waals surface area contributed by atoms with Crippen molar-refractivity contribution >= 4 is 46.5 Å². The number of rotatable bonds is 17. The average molecular weight is 653 g/mol. The van der Waals surface area contributed by atoms with Crippen molar-refractivity contribution in [1.29, 1.82) is 0 Å². The van der Waals surface area contributed by atoms with Crippen molar-refractivity contribution in [3.05, 3.63) is 48.0 Å². The van der Waals surface area contributed by atoms with Gasteiger partial charge in [-0.25, -0.2) is 14.4 Å². The number of nitrogens with one attached hydrogen (secondary N) is 4. The lowest BCUT2D eigenvalue weighted by Gasteiger charge is -2.23. The minimum atomic E-state index is -1.49. The second kappa shape index (κ2) is 16.2. The van der Waals surface area contributed by atoms with E-state index in [2.05, 4.69) is 21.3 Å². The summed E-state index contributed by atoms with van der Waals surface area (Å²) in [5, 5.41) is 39.8. The summed E-state index contributed by atoms with van der Waals surface area (Å²) in [4.78, 5) is 72.7. The summed E-state index contributed by atoms with van der Waals surface area (Å²) < 4.78 is 0. The molecule has 13 nitrogen and oxygen atoms in total. The lowest BCUT2D eigenvalue weighted by molar-refractivity contribution is -0.141. The number of carboxylic acid groups (broad SMARTS) is 3. The van der Waals surface area contributed by atoms with Gasteiger partial charge in [-0.3, -0.25) is 14.4 Å². The largest absolute Gasteiger partial charge is 0.481 e. The number of fused-ring (bicyclic) bond motifs is 1. The first-order valence-corrected chi connectivity index (χ1v) is 16.3. The van der Waals surface area contributed by atoms with Crippen LogP contribution in [0.1, 0.15) is 76.2 Å². The SMILES string of the molecule is O=C(O)CC[C@H](NC(=O)N[C@@H](CCCCNC(=O)[C@H](Cc1ccc2ccccc2c1)NC(=O)C1CC12CCCCC2)C(=O)O)C(=O)O. The van der Waals surface area contributed by atoms with Crippen molar-refractivity contribution in [3.8, 4) is 0 Å². The fourth-order valence-corrected chi connectivity index (χ4v) is 6.56. The van der Waals surface area contributed by atoms with Crippen LogP contribution in [-0.2, 0) is 30.4 Å². The Morgan fingerprint density at radius 1 is 0.766 bits per heavy atom. The van der Waals surface area contributed by atoms with E-state index < -0.39 is 48.5 Å². The Morgan fingerprint density at radius 3 is 2.09 bits per heavy atom. The van der Waals surface area contributed by atoms with E-state index in [0.717, 1.165) is 48.4 Å². The molecule has 2 aliphatic rings. The third kappa shape index (κ3) is 10.2. The van der Waals surface area contributed by atoms with E-state index in [0.29, 0.717) is 19.3 Å². The van der Waals surface area contributed by atoms with Gasteiger partial charge in [0.05, 0.1) is 0 Å². The molecule has 7 N–H and O–H groups in total. The van der Waals surface area contributed by atoms with Crippen molar-refractivity contribution in [2.75, 3.05) is 6.54 Å². The zero-order valence-corrected chi connectivity index (χ0v) is 26.3. The van der Waals surface area contributed by atoms with E-state index in [4.69, 9.17) is 5.11 Å². The quantitative estimate of drug-likeness (QED) is 0.125. The minimum absolute atomic E-state index is 0.00645. The molecular weight excluding hydrogens is 608 g/mol. The highest BCUT2D eigenvalue weighted by Crippen LogP contribution is 2.61. The fraction of sp³-hybridized carbons (Fsp3) is 0.529. The highest BCUT2D eigenvalue weighted by molar-refractivity contribution is 5.91. The van der Waals surface area contributed by atoms with Gasteiger partial charge in [-0.1, -0.05) is 61.7 Å². The van der Waals surface area contributed by atoms with Gasteiger partial charge >= 0.3 is 23.9 Å². The molecule has 4 amide bonds. The predicted molar refractivity (Wildman–Crippen MR) is 171 cm³/mol. The number of hydrogen-bond acceptors (Lipinski definition) is 6. The van der Waals surface area contributed by atoms with Gasteiger partial charge in [-0.2, -0.15) is 0 Å². The van der Waals surface area contributed by atoms with Crippen LogP contribution in [0.4, 0.5) is 4.79 Å². The molecule has 0 aliphatic heterocycles. The summed E-state index contributed by atoms with van der Waals surface area (Å²) in [6.45, 7) is 0.213. The van der Waals surface area contributed by atoms with E-state index in [1.807, 2.05) is 42.5 Å². The van der Waals surface area contributed by atoms with Crippen LogP contribution in [0.25, 0.3) is 10.8 Å². The fourth-order valence-electron chi connectivity index (χ4n) is 6.56. The summed E-state index contributed by atoms with van der Waals surface area (Å²) in [5.41, 5.74) is 0.986. The Hall–Kier alpha value is -4.68. The smallest absolute Gasteiger partial charge is 0.326 e. The number of unbranched alkanes of at least 4 members (excludes halogenated alkanes) is 1. The van der Waals surface area contributed by atoms with E-state index >= 15 is 0 Å². The molecule has 2 fully saturated rings. The van der Waals surface area contributed by atoms with Crippen LogP contribution in [-0.4, -0.2) is 75.7 Å². The highest BCUT2D eigenvalue weighted by Gasteiger charge is 2.57. The Balaban J connectivity index is 1.29. The van der Waals surface area contributed by atoms with Crippen LogP contribution in [0.2, 0.25) is 0 Å². The van der Waals surface area contributed by atoms with Crippen LogP contribution in [0.5, 0.6) is 0 Å². The number of carbonyl (C=O) groups excluding carboxylic acids is 3. The van der Waals surface area contributed by atoms with Crippen LogP contribution >= 0.6 is 0 Å². The van der Waals surface area contributed by atoms with Crippen molar-refractivity contribution in [1.82, 2.24) is 21.3 Å². The van der Waals surface area contributed by atoms with Crippen molar-refractivity contribution < 1.29 is 44.1 Å². The molecular formula is C34H44N4O9. The van der Waals surface area contributed by atoms with Gasteiger partial charge in [0, 0.05) is 25.3 Å². The summed E-state index contributed by atoms with van der Waals surface area (Å²) in [6, 6.07) is 9.22. The Labute approximate surface area is 272 Å². The van der Waals surface area contributed by atoms with E-state index in [1.54, 1.807) is 0 Å². The summed E-state index contributed by atoms with van der Waals surface area (Å²) in [7, 11) is 0. The number of carboxylic acids is 3. The number of urea groups is 1. The van der Waals surface area contributed by atoms with E-state index in [-0.39, 0.29) is 42.5 Å². The van der Waals surface area contributed by atoms with Crippen LogP contribution in [0.15, 0.2) is 42.5 Å². The maximum atomic E-state index is 13.4. The zero-order valence-electron chi connectivity index (χ0n) is 26.3. The Bertz CT molecular complexity index is 1470. The van der Waals surface area contributed by atoms with Gasteiger partial charge in [0.1, 0.15) is 18.1 Å². The first kappa shape index (κ1) is 35.2. The molecule has 1 unspecified atom stereocenters. The maximum Gasteiger partial charge on any atom is 0.326 e. The van der Waals surface area contributed by atoms with Gasteiger partial charge in [-0.05, 0) is 66.7 Å². The predicted octanol–water partition coefficient (Wildman–Crippen LogP) is 3.19. The molecule has 2 saturated carbocycles. The zero-order chi connectivity index (χ0) is 34.0. The molecule has 0 heterocycles. The lowest BCUT2D eigenvalue weighted by Crippen LogP contribution is -2.51. The molecule has 0 bridgehead atoms. The molecule has 0 radical (unpaired) electrons. The van der Waals surface area contributed by atoms with Gasteiger partial charge in [-0.15, -0.1) is 0 Å². The molecule has 47 heavy (non-hydrogen) atoms. The lowest BCUT2D eigenvalue weighted by atomic mass is 9.84. The molecule has 2 aromatic rings. The normalized spacial score (nSPS) is 18.3. The summed E-state index contributed by atoms with van der Waals surface area (Å²) >= 11 is 0. The molecule has 13 heteroatoms.